The molecule has 4 atom stereocenters. The maximum absolute atomic E-state index is 12.5. The Kier molecular flexibility index (Phi) is 3.70. The topological polar surface area (TPSA) is 62.5 Å². The summed E-state index contributed by atoms with van der Waals surface area (Å²) in [6, 6.07) is 10.1. The highest BCUT2D eigenvalue weighted by atomic mass is 16.6. The maximum Gasteiger partial charge on any atom is 0.332 e. The number of nitrogens with zero attached hydrogens (tertiary/aromatic N) is 2. The summed E-state index contributed by atoms with van der Waals surface area (Å²) in [4.78, 5) is 24.5. The van der Waals surface area contributed by atoms with E-state index in [2.05, 4.69) is 19.1 Å². The third-order valence-corrected chi connectivity index (χ3v) is 5.58. The molecule has 2 saturated heterocycles. The van der Waals surface area contributed by atoms with Crippen LogP contribution in [0.5, 0.6) is 0 Å². The molecular weight excluding hydrogens is 320 g/mol. The maximum atomic E-state index is 12.5. The molecule has 2 fully saturated rings. The van der Waals surface area contributed by atoms with Crippen molar-refractivity contribution in [2.24, 2.45) is 12.5 Å². The molecular formula is C19H22N2O4. The van der Waals surface area contributed by atoms with Gasteiger partial charge < -0.3 is 9.47 Å². The van der Waals surface area contributed by atoms with E-state index in [-0.39, 0.29) is 35.1 Å². The second kappa shape index (κ2) is 5.68. The van der Waals surface area contributed by atoms with Crippen LogP contribution in [0.4, 0.5) is 0 Å². The first-order valence-corrected chi connectivity index (χ1v) is 8.52. The summed E-state index contributed by atoms with van der Waals surface area (Å²) < 4.78 is 14.9. The Morgan fingerprint density at radius 1 is 1.20 bits per heavy atom. The van der Waals surface area contributed by atoms with Crippen molar-refractivity contribution in [3.63, 3.8) is 0 Å². The van der Waals surface area contributed by atoms with Crippen LogP contribution in [-0.4, -0.2) is 21.8 Å². The lowest BCUT2D eigenvalue weighted by Crippen LogP contribution is -2.40. The Balaban J connectivity index is 1.70. The number of rotatable bonds is 2. The smallest absolute Gasteiger partial charge is 0.332 e. The predicted molar refractivity (Wildman–Crippen MR) is 92.4 cm³/mol. The van der Waals surface area contributed by atoms with Crippen molar-refractivity contribution in [2.45, 2.75) is 38.7 Å². The van der Waals surface area contributed by atoms with Gasteiger partial charge in [0.1, 0.15) is 6.23 Å². The van der Waals surface area contributed by atoms with Gasteiger partial charge in [-0.2, -0.15) is 0 Å². The molecule has 4 rings (SSSR count). The van der Waals surface area contributed by atoms with Gasteiger partial charge >= 0.3 is 5.69 Å². The summed E-state index contributed by atoms with van der Waals surface area (Å²) >= 11 is 0. The SMILES string of the molecule is Cc1cn([C@@H]2C[C@@]3(C)[C@H](CO[C@H]3c3ccccc3)O2)c(=O)n(C)c1=O. The van der Waals surface area contributed by atoms with E-state index in [1.807, 2.05) is 18.2 Å². The Hall–Kier alpha value is -2.18. The van der Waals surface area contributed by atoms with Crippen molar-refractivity contribution in [2.75, 3.05) is 6.61 Å². The van der Waals surface area contributed by atoms with Crippen LogP contribution in [0, 0.1) is 12.3 Å². The van der Waals surface area contributed by atoms with Gasteiger partial charge in [0.2, 0.25) is 0 Å². The first kappa shape index (κ1) is 16.3. The van der Waals surface area contributed by atoms with E-state index in [0.717, 1.165) is 10.1 Å². The highest BCUT2D eigenvalue weighted by Crippen LogP contribution is 2.56. The molecule has 6 heteroatoms. The Labute approximate surface area is 145 Å². The molecule has 0 spiro atoms. The zero-order chi connectivity index (χ0) is 17.8. The van der Waals surface area contributed by atoms with Crippen molar-refractivity contribution in [1.29, 1.82) is 0 Å². The molecule has 1 aromatic heterocycles. The van der Waals surface area contributed by atoms with Gasteiger partial charge in [-0.15, -0.1) is 0 Å². The minimum absolute atomic E-state index is 0.0620. The van der Waals surface area contributed by atoms with Crippen LogP contribution < -0.4 is 11.2 Å². The number of aryl methyl sites for hydroxylation is 1. The van der Waals surface area contributed by atoms with Crippen LogP contribution in [-0.2, 0) is 16.5 Å². The molecule has 2 aliphatic rings. The van der Waals surface area contributed by atoms with Crippen molar-refractivity contribution < 1.29 is 9.47 Å². The highest BCUT2D eigenvalue weighted by molar-refractivity contribution is 5.23. The molecule has 6 nitrogen and oxygen atoms in total. The lowest BCUT2D eigenvalue weighted by atomic mass is 9.77. The van der Waals surface area contributed by atoms with Gasteiger partial charge in [0, 0.05) is 30.6 Å². The third kappa shape index (κ3) is 2.40. The highest BCUT2D eigenvalue weighted by Gasteiger charge is 2.56. The molecule has 2 aromatic rings. The molecule has 0 bridgehead atoms. The molecule has 132 valence electrons. The van der Waals surface area contributed by atoms with Gasteiger partial charge in [-0.1, -0.05) is 37.3 Å². The standard InChI is InChI=1S/C19H22N2O4/c1-12-10-21(18(23)20(3)17(12)22)15-9-19(2)14(25-15)11-24-16(19)13-7-5-4-6-8-13/h4-8,10,14-16H,9,11H2,1-3H3/t14-,15-,16-,19-/m0/s1. The summed E-state index contributed by atoms with van der Waals surface area (Å²) in [6.45, 7) is 4.37. The molecule has 0 saturated carbocycles. The summed E-state index contributed by atoms with van der Waals surface area (Å²) in [5.41, 5.74) is 0.829. The van der Waals surface area contributed by atoms with Crippen molar-refractivity contribution >= 4 is 0 Å². The summed E-state index contributed by atoms with van der Waals surface area (Å²) in [6.07, 6.45) is 1.75. The number of hydrogen-bond donors (Lipinski definition) is 0. The predicted octanol–water partition coefficient (Wildman–Crippen LogP) is 1.92. The van der Waals surface area contributed by atoms with E-state index in [1.165, 1.54) is 7.05 Å². The Morgan fingerprint density at radius 3 is 2.64 bits per heavy atom. The minimum atomic E-state index is -0.386. The first-order valence-electron chi connectivity index (χ1n) is 8.52. The van der Waals surface area contributed by atoms with E-state index >= 15 is 0 Å². The molecule has 0 radical (unpaired) electrons. The molecule has 0 unspecified atom stereocenters. The Bertz CT molecular complexity index is 917. The van der Waals surface area contributed by atoms with Crippen LogP contribution in [0.1, 0.15) is 36.8 Å². The van der Waals surface area contributed by atoms with Crippen molar-refractivity contribution in [3.8, 4) is 0 Å². The van der Waals surface area contributed by atoms with Gasteiger partial charge in [0.25, 0.3) is 5.56 Å². The van der Waals surface area contributed by atoms with Gasteiger partial charge in [-0.3, -0.25) is 13.9 Å². The molecule has 0 amide bonds. The van der Waals surface area contributed by atoms with Crippen LogP contribution in [0.2, 0.25) is 0 Å². The fraction of sp³-hybridized carbons (Fsp3) is 0.474. The van der Waals surface area contributed by atoms with Crippen LogP contribution in [0.15, 0.2) is 46.1 Å². The number of fused-ring (bicyclic) bond motifs is 1. The summed E-state index contributed by atoms with van der Waals surface area (Å²) in [5.74, 6) is 0. The molecule has 0 N–H and O–H groups in total. The van der Waals surface area contributed by atoms with Gasteiger partial charge in [0.05, 0.1) is 18.8 Å². The second-order valence-corrected chi connectivity index (χ2v) is 7.28. The van der Waals surface area contributed by atoms with E-state index in [9.17, 15) is 9.59 Å². The van der Waals surface area contributed by atoms with E-state index < -0.39 is 0 Å². The van der Waals surface area contributed by atoms with Crippen molar-refractivity contribution in [1.82, 2.24) is 9.13 Å². The van der Waals surface area contributed by atoms with Crippen LogP contribution >= 0.6 is 0 Å². The van der Waals surface area contributed by atoms with Crippen LogP contribution in [0.3, 0.4) is 0 Å². The second-order valence-electron chi connectivity index (χ2n) is 7.28. The number of benzene rings is 1. The van der Waals surface area contributed by atoms with E-state index in [4.69, 9.17) is 9.47 Å². The van der Waals surface area contributed by atoms with E-state index in [1.54, 1.807) is 17.7 Å². The monoisotopic (exact) mass is 342 g/mol. The van der Waals surface area contributed by atoms with Crippen molar-refractivity contribution in [3.05, 3.63) is 68.5 Å². The first-order chi connectivity index (χ1) is 11.9. The summed E-state index contributed by atoms with van der Waals surface area (Å²) in [5, 5.41) is 0. The summed E-state index contributed by atoms with van der Waals surface area (Å²) in [7, 11) is 1.50. The number of ether oxygens (including phenoxy) is 2. The number of hydrogen-bond acceptors (Lipinski definition) is 4. The third-order valence-electron chi connectivity index (χ3n) is 5.58. The average molecular weight is 342 g/mol. The quantitative estimate of drug-likeness (QED) is 0.836. The zero-order valence-corrected chi connectivity index (χ0v) is 14.6. The molecule has 0 aliphatic carbocycles. The number of aromatic nitrogens is 2. The van der Waals surface area contributed by atoms with Gasteiger partial charge in [-0.25, -0.2) is 4.79 Å². The normalized spacial score (nSPS) is 31.2. The van der Waals surface area contributed by atoms with Crippen LogP contribution in [0.25, 0.3) is 0 Å². The molecule has 3 heterocycles. The minimum Gasteiger partial charge on any atom is -0.370 e. The van der Waals surface area contributed by atoms with E-state index in [0.29, 0.717) is 18.6 Å². The lowest BCUT2D eigenvalue weighted by molar-refractivity contribution is -0.0261. The Morgan fingerprint density at radius 2 is 1.92 bits per heavy atom. The van der Waals surface area contributed by atoms with Gasteiger partial charge in [-0.05, 0) is 12.5 Å². The van der Waals surface area contributed by atoms with Gasteiger partial charge in [0.15, 0.2) is 0 Å². The largest absolute Gasteiger partial charge is 0.370 e. The molecule has 25 heavy (non-hydrogen) atoms. The lowest BCUT2D eigenvalue weighted by Gasteiger charge is -2.28. The molecule has 1 aromatic carbocycles. The zero-order valence-electron chi connectivity index (χ0n) is 14.6. The molecule has 2 aliphatic heterocycles. The average Bonchev–Trinajstić information content (AvgIpc) is 3.10. The fourth-order valence-electron chi connectivity index (χ4n) is 4.10. The fourth-order valence-corrected chi connectivity index (χ4v) is 4.10.